The zero-order valence-corrected chi connectivity index (χ0v) is 14.5. The van der Waals surface area contributed by atoms with Crippen LogP contribution in [-0.4, -0.2) is 36.8 Å². The number of carbonyl (C=O) groups excluding carboxylic acids is 1. The van der Waals surface area contributed by atoms with E-state index >= 15 is 0 Å². The summed E-state index contributed by atoms with van der Waals surface area (Å²) >= 11 is 0. The topological polar surface area (TPSA) is 54.5 Å². The summed E-state index contributed by atoms with van der Waals surface area (Å²) in [5.41, 5.74) is 1.13. The fourth-order valence-electron chi connectivity index (χ4n) is 3.47. The first kappa shape index (κ1) is 16.5. The van der Waals surface area contributed by atoms with Gasteiger partial charge in [0, 0.05) is 19.0 Å². The third-order valence-electron chi connectivity index (χ3n) is 5.10. The van der Waals surface area contributed by atoms with Gasteiger partial charge in [0.2, 0.25) is 5.91 Å². The molecular weight excluding hydrogens is 310 g/mol. The van der Waals surface area contributed by atoms with Crippen LogP contribution < -0.4 is 0 Å². The summed E-state index contributed by atoms with van der Waals surface area (Å²) in [6.07, 6.45) is 3.38. The van der Waals surface area contributed by atoms with Crippen molar-refractivity contribution in [2.75, 3.05) is 11.5 Å². The molecule has 0 N–H and O–H groups in total. The largest absolute Gasteiger partial charge is 0.335 e. The van der Waals surface area contributed by atoms with Gasteiger partial charge in [0.1, 0.15) is 0 Å². The van der Waals surface area contributed by atoms with Crippen molar-refractivity contribution in [3.05, 3.63) is 35.9 Å². The minimum atomic E-state index is -2.92. The number of carbonyl (C=O) groups is 1. The van der Waals surface area contributed by atoms with E-state index in [1.165, 1.54) is 12.8 Å². The second-order valence-electron chi connectivity index (χ2n) is 7.06. The molecule has 2 aliphatic rings. The highest BCUT2D eigenvalue weighted by atomic mass is 32.2. The first-order chi connectivity index (χ1) is 10.9. The predicted molar refractivity (Wildman–Crippen MR) is 90.6 cm³/mol. The first-order valence-corrected chi connectivity index (χ1v) is 10.3. The molecule has 1 amide bonds. The Morgan fingerprint density at radius 2 is 1.91 bits per heavy atom. The Morgan fingerprint density at radius 3 is 2.48 bits per heavy atom. The van der Waals surface area contributed by atoms with Gasteiger partial charge in [-0.1, -0.05) is 30.3 Å². The van der Waals surface area contributed by atoms with E-state index in [1.807, 2.05) is 35.2 Å². The molecule has 0 radical (unpaired) electrons. The van der Waals surface area contributed by atoms with E-state index in [9.17, 15) is 13.2 Å². The lowest BCUT2D eigenvalue weighted by molar-refractivity contribution is -0.135. The highest BCUT2D eigenvalue weighted by Gasteiger charge is 2.36. The Balaban J connectivity index is 1.68. The Labute approximate surface area is 138 Å². The van der Waals surface area contributed by atoms with Gasteiger partial charge in [0.25, 0.3) is 0 Å². The minimum absolute atomic E-state index is 0.00261. The molecule has 2 atom stereocenters. The Bertz CT molecular complexity index is 652. The van der Waals surface area contributed by atoms with Crippen LogP contribution in [-0.2, 0) is 21.2 Å². The van der Waals surface area contributed by atoms with Crippen molar-refractivity contribution >= 4 is 15.7 Å². The van der Waals surface area contributed by atoms with E-state index in [0.29, 0.717) is 25.3 Å². The third-order valence-corrected chi connectivity index (χ3v) is 6.94. The van der Waals surface area contributed by atoms with Crippen LogP contribution in [0.25, 0.3) is 0 Å². The van der Waals surface area contributed by atoms with Crippen LogP contribution in [0.3, 0.4) is 0 Å². The molecule has 1 aromatic rings. The molecule has 1 saturated heterocycles. The lowest BCUT2D eigenvalue weighted by Gasteiger charge is -2.30. The van der Waals surface area contributed by atoms with Crippen molar-refractivity contribution in [3.8, 4) is 0 Å². The van der Waals surface area contributed by atoms with Gasteiger partial charge >= 0.3 is 0 Å². The van der Waals surface area contributed by atoms with E-state index in [0.717, 1.165) is 5.56 Å². The molecule has 1 aliphatic carbocycles. The molecule has 0 bridgehead atoms. The number of benzene rings is 1. The van der Waals surface area contributed by atoms with Crippen molar-refractivity contribution < 1.29 is 13.2 Å². The fraction of sp³-hybridized carbons (Fsp3) is 0.611. The molecule has 0 aromatic heterocycles. The predicted octanol–water partition coefficient (Wildman–Crippen LogP) is 2.64. The molecule has 3 rings (SSSR count). The molecule has 0 spiro atoms. The van der Waals surface area contributed by atoms with E-state index in [4.69, 9.17) is 0 Å². The zero-order valence-electron chi connectivity index (χ0n) is 13.6. The molecular formula is C18H25NO3S. The number of rotatable bonds is 6. The second-order valence-corrected chi connectivity index (χ2v) is 9.29. The molecule has 1 heterocycles. The van der Waals surface area contributed by atoms with Crippen molar-refractivity contribution in [3.63, 3.8) is 0 Å². The van der Waals surface area contributed by atoms with Crippen LogP contribution in [0.5, 0.6) is 0 Å². The Kier molecular flexibility index (Phi) is 4.76. The molecule has 4 nitrogen and oxygen atoms in total. The zero-order chi connectivity index (χ0) is 16.4. The molecule has 5 heteroatoms. The van der Waals surface area contributed by atoms with Crippen LogP contribution in [0.2, 0.25) is 0 Å². The molecule has 1 saturated carbocycles. The Morgan fingerprint density at radius 1 is 1.22 bits per heavy atom. The van der Waals surface area contributed by atoms with E-state index in [-0.39, 0.29) is 29.4 Å². The number of nitrogens with zero attached hydrogens (tertiary/aromatic N) is 1. The Hall–Kier alpha value is -1.36. The van der Waals surface area contributed by atoms with Crippen LogP contribution in [0.15, 0.2) is 30.3 Å². The third kappa shape index (κ3) is 4.34. The summed E-state index contributed by atoms with van der Waals surface area (Å²) < 4.78 is 23.2. The van der Waals surface area contributed by atoms with Crippen molar-refractivity contribution in [1.29, 1.82) is 0 Å². The summed E-state index contributed by atoms with van der Waals surface area (Å²) in [7, 11) is -2.92. The van der Waals surface area contributed by atoms with Gasteiger partial charge < -0.3 is 4.90 Å². The van der Waals surface area contributed by atoms with Gasteiger partial charge in [0.05, 0.1) is 11.5 Å². The standard InChI is InChI=1S/C18H25NO3S/c1-14(17-7-8-17)19(12-15-5-3-2-4-6-15)18(20)11-16-9-10-23(21,22)13-16/h2-6,14,16-17H,7-13H2,1H3. The van der Waals surface area contributed by atoms with Gasteiger partial charge in [-0.05, 0) is 43.6 Å². The molecule has 1 aliphatic heterocycles. The molecule has 1 aromatic carbocycles. The average Bonchev–Trinajstić information content (AvgIpc) is 3.30. The number of sulfone groups is 1. The van der Waals surface area contributed by atoms with Crippen molar-refractivity contribution in [1.82, 2.24) is 4.90 Å². The minimum Gasteiger partial charge on any atom is -0.335 e. The van der Waals surface area contributed by atoms with Gasteiger partial charge in [0.15, 0.2) is 9.84 Å². The summed E-state index contributed by atoms with van der Waals surface area (Å²) in [6.45, 7) is 2.75. The van der Waals surface area contributed by atoms with Gasteiger partial charge in [-0.15, -0.1) is 0 Å². The number of hydrogen-bond donors (Lipinski definition) is 0. The lowest BCUT2D eigenvalue weighted by Crippen LogP contribution is -2.40. The van der Waals surface area contributed by atoms with Crippen molar-refractivity contribution in [2.45, 2.75) is 45.2 Å². The molecule has 2 unspecified atom stereocenters. The van der Waals surface area contributed by atoms with Gasteiger partial charge in [-0.2, -0.15) is 0 Å². The first-order valence-electron chi connectivity index (χ1n) is 8.48. The summed E-state index contributed by atoms with van der Waals surface area (Å²) in [4.78, 5) is 14.8. The number of hydrogen-bond acceptors (Lipinski definition) is 3. The monoisotopic (exact) mass is 335 g/mol. The summed E-state index contributed by atoms with van der Waals surface area (Å²) in [5.74, 6) is 1.12. The maximum Gasteiger partial charge on any atom is 0.223 e. The quantitative estimate of drug-likeness (QED) is 0.803. The second kappa shape index (κ2) is 6.63. The number of amides is 1. The van der Waals surface area contributed by atoms with Crippen molar-refractivity contribution in [2.24, 2.45) is 11.8 Å². The van der Waals surface area contributed by atoms with E-state index < -0.39 is 9.84 Å². The van der Waals surface area contributed by atoms with Crippen LogP contribution in [0.4, 0.5) is 0 Å². The lowest BCUT2D eigenvalue weighted by atomic mass is 10.0. The fourth-order valence-corrected chi connectivity index (χ4v) is 5.33. The smallest absolute Gasteiger partial charge is 0.223 e. The maximum atomic E-state index is 12.8. The maximum absolute atomic E-state index is 12.8. The summed E-state index contributed by atoms with van der Waals surface area (Å²) in [6, 6.07) is 10.3. The SMILES string of the molecule is CC(C1CC1)N(Cc1ccccc1)C(=O)CC1CCS(=O)(=O)C1. The van der Waals surface area contributed by atoms with Gasteiger partial charge in [-0.25, -0.2) is 8.42 Å². The van der Waals surface area contributed by atoms with Crippen LogP contribution in [0, 0.1) is 11.8 Å². The average molecular weight is 335 g/mol. The van der Waals surface area contributed by atoms with Gasteiger partial charge in [-0.3, -0.25) is 4.79 Å². The summed E-state index contributed by atoms with van der Waals surface area (Å²) in [5, 5.41) is 0. The van der Waals surface area contributed by atoms with E-state index in [2.05, 4.69) is 6.92 Å². The molecule has 126 valence electrons. The molecule has 23 heavy (non-hydrogen) atoms. The van der Waals surface area contributed by atoms with Crippen LogP contribution in [0.1, 0.15) is 38.2 Å². The normalized spacial score (nSPS) is 24.3. The molecule has 2 fully saturated rings. The highest BCUT2D eigenvalue weighted by Crippen LogP contribution is 2.36. The van der Waals surface area contributed by atoms with Crippen LogP contribution >= 0.6 is 0 Å². The highest BCUT2D eigenvalue weighted by molar-refractivity contribution is 7.91. The van der Waals surface area contributed by atoms with E-state index in [1.54, 1.807) is 0 Å².